The summed E-state index contributed by atoms with van der Waals surface area (Å²) in [6.07, 6.45) is 1.59. The van der Waals surface area contributed by atoms with Crippen molar-refractivity contribution < 1.29 is 9.18 Å². The number of benzene rings is 1. The molecule has 0 radical (unpaired) electrons. The Morgan fingerprint density at radius 3 is 2.54 bits per heavy atom. The van der Waals surface area contributed by atoms with Crippen LogP contribution >= 0.6 is 0 Å². The lowest BCUT2D eigenvalue weighted by molar-refractivity contribution is 0.0929. The minimum atomic E-state index is -0.432. The molecule has 2 aromatic rings. The number of anilines is 1. The summed E-state index contributed by atoms with van der Waals surface area (Å²) in [5.41, 5.74) is 0.771. The number of carbonyl (C=O) groups excluding carboxylic acids is 1. The topological polar surface area (TPSA) is 66.4 Å². The van der Waals surface area contributed by atoms with Gasteiger partial charge in [-0.25, -0.2) is 4.39 Å². The van der Waals surface area contributed by atoms with Gasteiger partial charge < -0.3 is 20.1 Å². The van der Waals surface area contributed by atoms with E-state index in [1.54, 1.807) is 12.3 Å². The third-order valence-corrected chi connectivity index (χ3v) is 5.55. The molecule has 0 spiro atoms. The van der Waals surface area contributed by atoms with Crippen LogP contribution in [0.5, 0.6) is 0 Å². The van der Waals surface area contributed by atoms with Gasteiger partial charge in [-0.3, -0.25) is 9.59 Å². The number of aromatic nitrogens is 1. The molecule has 1 fully saturated rings. The average molecular weight is 388 g/mol. The fraction of sp³-hybridized carbons (Fsp3) is 0.524. The van der Waals surface area contributed by atoms with Gasteiger partial charge in [0.15, 0.2) is 0 Å². The van der Waals surface area contributed by atoms with Gasteiger partial charge in [-0.05, 0) is 31.9 Å². The highest BCUT2D eigenvalue weighted by Gasteiger charge is 2.21. The lowest BCUT2D eigenvalue weighted by Gasteiger charge is -2.30. The largest absolute Gasteiger partial charge is 0.367 e. The van der Waals surface area contributed by atoms with Gasteiger partial charge in [-0.1, -0.05) is 13.8 Å². The molecule has 1 atom stereocenters. The molecule has 1 aromatic heterocycles. The molecule has 2 heterocycles. The number of nitrogens with zero attached hydrogens (tertiary/aromatic N) is 2. The zero-order valence-electron chi connectivity index (χ0n) is 17.0. The Balaban J connectivity index is 2.09. The van der Waals surface area contributed by atoms with E-state index in [1.807, 2.05) is 37.2 Å². The minimum Gasteiger partial charge on any atom is -0.367 e. The van der Waals surface area contributed by atoms with Crippen molar-refractivity contribution in [2.75, 3.05) is 31.1 Å². The number of carbonyl (C=O) groups is 1. The summed E-state index contributed by atoms with van der Waals surface area (Å²) in [7, 11) is 0. The average Bonchev–Trinajstić information content (AvgIpc) is 2.68. The normalized spacial score (nSPS) is 15.9. The van der Waals surface area contributed by atoms with Gasteiger partial charge >= 0.3 is 0 Å². The van der Waals surface area contributed by atoms with Crippen LogP contribution in [0.4, 0.5) is 10.1 Å². The van der Waals surface area contributed by atoms with E-state index in [2.05, 4.69) is 10.6 Å². The Hall–Kier alpha value is -2.41. The van der Waals surface area contributed by atoms with Crippen molar-refractivity contribution in [2.45, 2.75) is 40.3 Å². The summed E-state index contributed by atoms with van der Waals surface area (Å²) in [5, 5.41) is 6.36. The van der Waals surface area contributed by atoms with Crippen molar-refractivity contribution in [3.05, 3.63) is 39.9 Å². The third-order valence-electron chi connectivity index (χ3n) is 5.55. The van der Waals surface area contributed by atoms with Crippen LogP contribution in [-0.4, -0.2) is 42.7 Å². The van der Waals surface area contributed by atoms with Gasteiger partial charge in [-0.2, -0.15) is 0 Å². The Kier molecular flexibility index (Phi) is 6.03. The van der Waals surface area contributed by atoms with Gasteiger partial charge in [0.05, 0.1) is 11.2 Å². The van der Waals surface area contributed by atoms with E-state index in [4.69, 9.17) is 0 Å². The first-order valence-corrected chi connectivity index (χ1v) is 9.96. The smallest absolute Gasteiger partial charge is 0.256 e. The molecule has 152 valence electrons. The Morgan fingerprint density at radius 1 is 1.25 bits per heavy atom. The molecule has 1 unspecified atom stereocenters. The maximum Gasteiger partial charge on any atom is 0.256 e. The van der Waals surface area contributed by atoms with E-state index in [9.17, 15) is 14.0 Å². The second kappa shape index (κ2) is 8.31. The maximum atomic E-state index is 14.9. The molecular formula is C21H29FN4O2. The Morgan fingerprint density at radius 2 is 1.93 bits per heavy atom. The summed E-state index contributed by atoms with van der Waals surface area (Å²) in [5.74, 6) is -0.596. The summed E-state index contributed by atoms with van der Waals surface area (Å²) in [6.45, 7) is 11.4. The molecule has 0 saturated carbocycles. The number of nitrogens with one attached hydrogen (secondary N) is 2. The van der Waals surface area contributed by atoms with E-state index in [-0.39, 0.29) is 22.9 Å². The lowest BCUT2D eigenvalue weighted by Crippen LogP contribution is -2.44. The molecule has 0 aliphatic carbocycles. The van der Waals surface area contributed by atoms with Gasteiger partial charge in [-0.15, -0.1) is 0 Å². The van der Waals surface area contributed by atoms with Crippen LogP contribution in [0.1, 0.15) is 38.1 Å². The predicted molar refractivity (Wildman–Crippen MR) is 111 cm³/mol. The van der Waals surface area contributed by atoms with Gasteiger partial charge in [0.25, 0.3) is 5.91 Å². The van der Waals surface area contributed by atoms with Crippen LogP contribution in [-0.2, 0) is 6.54 Å². The molecular weight excluding hydrogens is 359 g/mol. The molecule has 1 amide bonds. The van der Waals surface area contributed by atoms with Crippen molar-refractivity contribution in [3.63, 3.8) is 0 Å². The van der Waals surface area contributed by atoms with Gasteiger partial charge in [0, 0.05) is 50.3 Å². The number of hydrogen-bond donors (Lipinski definition) is 2. The second-order valence-electron chi connectivity index (χ2n) is 7.72. The van der Waals surface area contributed by atoms with E-state index >= 15 is 0 Å². The molecule has 1 aliphatic rings. The summed E-state index contributed by atoms with van der Waals surface area (Å²) < 4.78 is 16.7. The standard InChI is InChI=1S/C21H29FN4O2/c1-5-25-12-16(21(28)24-14(4)13(2)3)20(27)15-10-17(22)19(11-18(15)25)26-8-6-23-7-9-26/h10-14,23H,5-9H2,1-4H3,(H,24,28). The Labute approximate surface area is 164 Å². The van der Waals surface area contributed by atoms with Crippen molar-refractivity contribution in [3.8, 4) is 0 Å². The molecule has 0 bridgehead atoms. The van der Waals surface area contributed by atoms with E-state index < -0.39 is 17.2 Å². The summed E-state index contributed by atoms with van der Waals surface area (Å²) in [4.78, 5) is 27.6. The monoisotopic (exact) mass is 388 g/mol. The fourth-order valence-electron chi connectivity index (χ4n) is 3.42. The van der Waals surface area contributed by atoms with E-state index in [1.165, 1.54) is 6.07 Å². The molecule has 28 heavy (non-hydrogen) atoms. The SMILES string of the molecule is CCn1cc(C(=O)NC(C)C(C)C)c(=O)c2cc(F)c(N3CCNCC3)cc21. The zero-order chi connectivity index (χ0) is 20.4. The number of amides is 1. The van der Waals surface area contributed by atoms with Crippen molar-refractivity contribution >= 4 is 22.5 Å². The third kappa shape index (κ3) is 3.90. The van der Waals surface area contributed by atoms with E-state index in [0.29, 0.717) is 30.8 Å². The van der Waals surface area contributed by atoms with Crippen LogP contribution in [0.25, 0.3) is 10.9 Å². The fourth-order valence-corrected chi connectivity index (χ4v) is 3.42. The highest BCUT2D eigenvalue weighted by Crippen LogP contribution is 2.25. The zero-order valence-corrected chi connectivity index (χ0v) is 17.0. The van der Waals surface area contributed by atoms with Crippen LogP contribution in [0.2, 0.25) is 0 Å². The Bertz CT molecular complexity index is 932. The van der Waals surface area contributed by atoms with Crippen LogP contribution in [0.3, 0.4) is 0 Å². The van der Waals surface area contributed by atoms with Crippen LogP contribution in [0.15, 0.2) is 23.1 Å². The molecule has 3 rings (SSSR count). The lowest BCUT2D eigenvalue weighted by atomic mass is 10.1. The number of pyridine rings is 1. The number of piperazine rings is 1. The van der Waals surface area contributed by atoms with Gasteiger partial charge in [0.1, 0.15) is 11.4 Å². The number of halogens is 1. The van der Waals surface area contributed by atoms with Crippen LogP contribution < -0.4 is 21.0 Å². The minimum absolute atomic E-state index is 0.0520. The van der Waals surface area contributed by atoms with Crippen molar-refractivity contribution in [1.82, 2.24) is 15.2 Å². The number of rotatable bonds is 5. The number of hydrogen-bond acceptors (Lipinski definition) is 4. The number of fused-ring (bicyclic) bond motifs is 1. The molecule has 1 aliphatic heterocycles. The summed E-state index contributed by atoms with van der Waals surface area (Å²) >= 11 is 0. The number of aryl methyl sites for hydroxylation is 1. The molecule has 1 aromatic carbocycles. The maximum absolute atomic E-state index is 14.9. The predicted octanol–water partition coefficient (Wildman–Crippen LogP) is 2.34. The first-order chi connectivity index (χ1) is 13.3. The molecule has 7 heteroatoms. The van der Waals surface area contributed by atoms with Crippen molar-refractivity contribution in [2.24, 2.45) is 5.92 Å². The highest BCUT2D eigenvalue weighted by atomic mass is 19.1. The molecule has 1 saturated heterocycles. The van der Waals surface area contributed by atoms with Crippen molar-refractivity contribution in [1.29, 1.82) is 0 Å². The van der Waals surface area contributed by atoms with Gasteiger partial charge in [0.2, 0.25) is 5.43 Å². The van der Waals surface area contributed by atoms with Crippen LogP contribution in [0, 0.1) is 11.7 Å². The molecule has 2 N–H and O–H groups in total. The summed E-state index contributed by atoms with van der Waals surface area (Å²) in [6, 6.07) is 2.95. The van der Waals surface area contributed by atoms with E-state index in [0.717, 1.165) is 13.1 Å². The molecule has 6 nitrogen and oxygen atoms in total. The first-order valence-electron chi connectivity index (χ1n) is 9.96. The quantitative estimate of drug-likeness (QED) is 0.825. The first kappa shape index (κ1) is 20.3. The highest BCUT2D eigenvalue weighted by molar-refractivity contribution is 5.98. The second-order valence-corrected chi connectivity index (χ2v) is 7.72.